The van der Waals surface area contributed by atoms with Crippen molar-refractivity contribution >= 4 is 18.0 Å². The number of hydrazone groups is 1. The molecule has 0 aliphatic carbocycles. The van der Waals surface area contributed by atoms with Gasteiger partial charge in [-0.05, 0) is 48.9 Å². The molecule has 1 heterocycles. The molecule has 0 radical (unpaired) electrons. The Morgan fingerprint density at radius 2 is 1.94 bits per heavy atom. The van der Waals surface area contributed by atoms with Crippen LogP contribution in [-0.2, 0) is 9.53 Å². The molecule has 2 amide bonds. The zero-order valence-corrected chi connectivity index (χ0v) is 18.2. The number of rotatable bonds is 9. The smallest absolute Gasteiger partial charge is 0.271 e. The average molecular weight is 441 g/mol. The lowest BCUT2D eigenvalue weighted by Gasteiger charge is -2.26. The Balaban J connectivity index is 1.60. The third kappa shape index (κ3) is 6.45. The van der Waals surface area contributed by atoms with Gasteiger partial charge in [-0.3, -0.25) is 9.59 Å². The van der Waals surface area contributed by atoms with E-state index in [1.807, 2.05) is 6.92 Å². The summed E-state index contributed by atoms with van der Waals surface area (Å²) in [5.41, 5.74) is 3.62. The van der Waals surface area contributed by atoms with Gasteiger partial charge < -0.3 is 23.8 Å². The van der Waals surface area contributed by atoms with Gasteiger partial charge in [-0.25, -0.2) is 5.43 Å². The number of hydrogen-bond acceptors (Lipinski definition) is 7. The second-order valence-electron chi connectivity index (χ2n) is 6.85. The molecule has 3 rings (SSSR count). The molecular formula is C23H27N3O6. The molecule has 0 atom stereocenters. The van der Waals surface area contributed by atoms with Crippen LogP contribution in [0.15, 0.2) is 47.6 Å². The molecule has 0 saturated carbocycles. The summed E-state index contributed by atoms with van der Waals surface area (Å²) in [4.78, 5) is 26.3. The average Bonchev–Trinajstić information content (AvgIpc) is 2.84. The second-order valence-corrected chi connectivity index (χ2v) is 6.85. The third-order valence-corrected chi connectivity index (χ3v) is 4.69. The van der Waals surface area contributed by atoms with Crippen molar-refractivity contribution in [1.82, 2.24) is 10.3 Å². The van der Waals surface area contributed by atoms with Crippen LogP contribution >= 0.6 is 0 Å². The van der Waals surface area contributed by atoms with Crippen LogP contribution in [0, 0.1) is 0 Å². The number of morpholine rings is 1. The zero-order chi connectivity index (χ0) is 22.8. The maximum absolute atomic E-state index is 12.3. The van der Waals surface area contributed by atoms with Crippen LogP contribution in [0.25, 0.3) is 0 Å². The fourth-order valence-electron chi connectivity index (χ4n) is 3.03. The predicted molar refractivity (Wildman–Crippen MR) is 119 cm³/mol. The first-order valence-electron chi connectivity index (χ1n) is 10.3. The van der Waals surface area contributed by atoms with E-state index < -0.39 is 0 Å². The summed E-state index contributed by atoms with van der Waals surface area (Å²) < 4.78 is 21.7. The molecule has 1 aliphatic rings. The van der Waals surface area contributed by atoms with Gasteiger partial charge in [0.05, 0.1) is 33.1 Å². The fraction of sp³-hybridized carbons (Fsp3) is 0.348. The van der Waals surface area contributed by atoms with E-state index in [0.29, 0.717) is 61.3 Å². The fourth-order valence-corrected chi connectivity index (χ4v) is 3.03. The van der Waals surface area contributed by atoms with E-state index in [-0.39, 0.29) is 18.4 Å². The van der Waals surface area contributed by atoms with Crippen LogP contribution in [0.1, 0.15) is 22.8 Å². The van der Waals surface area contributed by atoms with Crippen molar-refractivity contribution in [3.05, 3.63) is 53.6 Å². The molecule has 1 aliphatic heterocycles. The molecule has 0 spiro atoms. The predicted octanol–water partition coefficient (Wildman–Crippen LogP) is 2.10. The van der Waals surface area contributed by atoms with E-state index in [9.17, 15) is 9.59 Å². The van der Waals surface area contributed by atoms with Gasteiger partial charge in [0.1, 0.15) is 5.75 Å². The molecule has 170 valence electrons. The Hall–Kier alpha value is -3.59. The summed E-state index contributed by atoms with van der Waals surface area (Å²) in [7, 11) is 1.54. The highest BCUT2D eigenvalue weighted by Crippen LogP contribution is 2.28. The summed E-state index contributed by atoms with van der Waals surface area (Å²) >= 11 is 0. The molecule has 32 heavy (non-hydrogen) atoms. The van der Waals surface area contributed by atoms with E-state index in [4.69, 9.17) is 18.9 Å². The van der Waals surface area contributed by atoms with E-state index in [1.54, 1.807) is 47.4 Å². The van der Waals surface area contributed by atoms with Gasteiger partial charge in [-0.15, -0.1) is 0 Å². The minimum Gasteiger partial charge on any atom is -0.497 e. The highest BCUT2D eigenvalue weighted by Gasteiger charge is 2.18. The van der Waals surface area contributed by atoms with Crippen molar-refractivity contribution < 1.29 is 28.5 Å². The minimum absolute atomic E-state index is 0.0793. The first kappa shape index (κ1) is 23.1. The summed E-state index contributed by atoms with van der Waals surface area (Å²) in [6, 6.07) is 12.0. The van der Waals surface area contributed by atoms with Crippen LogP contribution < -0.4 is 19.6 Å². The van der Waals surface area contributed by atoms with Gasteiger partial charge in [-0.2, -0.15) is 5.10 Å². The van der Waals surface area contributed by atoms with Gasteiger partial charge in [0, 0.05) is 18.7 Å². The molecule has 0 aromatic heterocycles. The number of methoxy groups -OCH3 is 1. The maximum atomic E-state index is 12.3. The van der Waals surface area contributed by atoms with Crippen molar-refractivity contribution in [1.29, 1.82) is 0 Å². The van der Waals surface area contributed by atoms with E-state index in [0.717, 1.165) is 0 Å². The highest BCUT2D eigenvalue weighted by atomic mass is 16.5. The Labute approximate surface area is 186 Å². The van der Waals surface area contributed by atoms with Gasteiger partial charge in [0.15, 0.2) is 18.1 Å². The number of benzene rings is 2. The van der Waals surface area contributed by atoms with Crippen molar-refractivity contribution in [3.63, 3.8) is 0 Å². The van der Waals surface area contributed by atoms with Crippen LogP contribution in [0.5, 0.6) is 17.2 Å². The molecule has 0 unspecified atom stereocenters. The monoisotopic (exact) mass is 441 g/mol. The molecular weight excluding hydrogens is 414 g/mol. The highest BCUT2D eigenvalue weighted by molar-refractivity contribution is 5.95. The van der Waals surface area contributed by atoms with E-state index in [2.05, 4.69) is 10.5 Å². The van der Waals surface area contributed by atoms with Gasteiger partial charge in [0.2, 0.25) is 0 Å². The molecule has 2 aromatic rings. The second kappa shape index (κ2) is 11.7. The standard InChI is InChI=1S/C23H27N3O6/c1-3-31-21-13-17(15-24-25-23(28)18-5-4-6-19(14-18)29-2)7-8-20(21)32-16-22(27)26-9-11-30-12-10-26/h4-8,13-15H,3,9-12,16H2,1-2H3,(H,25,28)/b24-15-. The molecule has 1 fully saturated rings. The molecule has 1 N–H and O–H groups in total. The normalized spacial score (nSPS) is 13.6. The number of nitrogens with zero attached hydrogens (tertiary/aromatic N) is 2. The van der Waals surface area contributed by atoms with Crippen molar-refractivity contribution in [2.45, 2.75) is 6.92 Å². The van der Waals surface area contributed by atoms with Gasteiger partial charge >= 0.3 is 0 Å². The minimum atomic E-state index is -0.355. The van der Waals surface area contributed by atoms with E-state index >= 15 is 0 Å². The number of carbonyl (C=O) groups is 2. The maximum Gasteiger partial charge on any atom is 0.271 e. The summed E-state index contributed by atoms with van der Waals surface area (Å²) in [5, 5.41) is 4.01. The third-order valence-electron chi connectivity index (χ3n) is 4.69. The van der Waals surface area contributed by atoms with Gasteiger partial charge in [-0.1, -0.05) is 6.07 Å². The molecule has 0 bridgehead atoms. The lowest BCUT2D eigenvalue weighted by atomic mass is 10.2. The molecule has 2 aromatic carbocycles. The number of amides is 2. The summed E-state index contributed by atoms with van der Waals surface area (Å²) in [6.07, 6.45) is 1.50. The SMILES string of the molecule is CCOc1cc(/C=N\NC(=O)c2cccc(OC)c2)ccc1OCC(=O)N1CCOCC1. The van der Waals surface area contributed by atoms with Crippen LogP contribution in [0.3, 0.4) is 0 Å². The van der Waals surface area contributed by atoms with Crippen LogP contribution in [0.4, 0.5) is 0 Å². The topological polar surface area (TPSA) is 98.7 Å². The summed E-state index contributed by atoms with van der Waals surface area (Å²) in [5.74, 6) is 1.09. The first-order chi connectivity index (χ1) is 15.6. The first-order valence-corrected chi connectivity index (χ1v) is 10.3. The van der Waals surface area contributed by atoms with Gasteiger partial charge in [0.25, 0.3) is 11.8 Å². The Kier molecular flexibility index (Phi) is 8.44. The lowest BCUT2D eigenvalue weighted by Crippen LogP contribution is -2.43. The number of carbonyl (C=O) groups excluding carboxylic acids is 2. The number of hydrogen-bond donors (Lipinski definition) is 1. The number of nitrogens with one attached hydrogen (secondary N) is 1. The molecule has 9 heteroatoms. The Morgan fingerprint density at radius 3 is 2.69 bits per heavy atom. The van der Waals surface area contributed by atoms with Crippen molar-refractivity contribution in [2.24, 2.45) is 5.10 Å². The van der Waals surface area contributed by atoms with Crippen LogP contribution in [0.2, 0.25) is 0 Å². The largest absolute Gasteiger partial charge is 0.497 e. The van der Waals surface area contributed by atoms with Crippen LogP contribution in [-0.4, -0.2) is 69.6 Å². The zero-order valence-electron chi connectivity index (χ0n) is 18.2. The Morgan fingerprint density at radius 1 is 1.12 bits per heavy atom. The quantitative estimate of drug-likeness (QED) is 0.473. The van der Waals surface area contributed by atoms with Crippen molar-refractivity contribution in [3.8, 4) is 17.2 Å². The Bertz CT molecular complexity index is 956. The van der Waals surface area contributed by atoms with E-state index in [1.165, 1.54) is 13.3 Å². The molecule has 1 saturated heterocycles. The van der Waals surface area contributed by atoms with Crippen molar-refractivity contribution in [2.75, 3.05) is 46.6 Å². The number of ether oxygens (including phenoxy) is 4. The lowest BCUT2D eigenvalue weighted by molar-refractivity contribution is -0.137. The molecule has 9 nitrogen and oxygen atoms in total. The summed E-state index contributed by atoms with van der Waals surface area (Å²) in [6.45, 7) is 4.42.